The summed E-state index contributed by atoms with van der Waals surface area (Å²) in [4.78, 5) is 16.9. The molecule has 0 aliphatic rings. The number of alkyl halides is 2. The molecular weight excluding hydrogens is 416 g/mol. The number of aromatic nitrogens is 5. The van der Waals surface area contributed by atoms with E-state index in [-0.39, 0.29) is 16.9 Å². The first-order valence-electron chi connectivity index (χ1n) is 9.91. The number of methoxy groups -OCH3 is 1. The van der Waals surface area contributed by atoms with Crippen molar-refractivity contribution in [1.82, 2.24) is 25.0 Å². The Bertz CT molecular complexity index is 1310. The van der Waals surface area contributed by atoms with Crippen LogP contribution in [0.5, 0.6) is 5.75 Å². The second kappa shape index (κ2) is 8.33. The van der Waals surface area contributed by atoms with Gasteiger partial charge < -0.3 is 4.74 Å². The van der Waals surface area contributed by atoms with Crippen LogP contribution in [0.4, 0.5) is 8.78 Å². The van der Waals surface area contributed by atoms with Gasteiger partial charge in [0.05, 0.1) is 12.8 Å². The van der Waals surface area contributed by atoms with Crippen LogP contribution in [-0.4, -0.2) is 32.1 Å². The summed E-state index contributed by atoms with van der Waals surface area (Å²) in [6.45, 7) is 2.59. The van der Waals surface area contributed by atoms with Crippen molar-refractivity contribution in [2.75, 3.05) is 7.11 Å². The third-order valence-corrected chi connectivity index (χ3v) is 5.08. The van der Waals surface area contributed by atoms with Gasteiger partial charge in [0.1, 0.15) is 17.6 Å². The molecule has 0 fully saturated rings. The average molecular weight is 437 g/mol. The Morgan fingerprint density at radius 2 is 1.81 bits per heavy atom. The van der Waals surface area contributed by atoms with Crippen LogP contribution in [0.1, 0.15) is 31.3 Å². The number of benzene rings is 2. The van der Waals surface area contributed by atoms with E-state index < -0.39 is 12.0 Å². The van der Waals surface area contributed by atoms with Gasteiger partial charge in [0.25, 0.3) is 11.5 Å². The number of aromatic amines is 1. The lowest BCUT2D eigenvalue weighted by atomic mass is 10.1. The van der Waals surface area contributed by atoms with Gasteiger partial charge in [-0.15, -0.1) is 0 Å². The molecule has 0 saturated carbocycles. The normalized spacial score (nSPS) is 12.5. The molecule has 2 aromatic heterocycles. The lowest BCUT2D eigenvalue weighted by molar-refractivity contribution is 0.0175. The second-order valence-electron chi connectivity index (χ2n) is 7.42. The van der Waals surface area contributed by atoms with Crippen molar-refractivity contribution in [3.63, 3.8) is 0 Å². The summed E-state index contributed by atoms with van der Waals surface area (Å²) >= 11 is 0. The van der Waals surface area contributed by atoms with Gasteiger partial charge in [-0.3, -0.25) is 9.89 Å². The predicted octanol–water partition coefficient (Wildman–Crippen LogP) is 4.43. The Labute approximate surface area is 182 Å². The Morgan fingerprint density at radius 3 is 2.56 bits per heavy atom. The smallest absolute Gasteiger partial charge is 0.270 e. The molecule has 1 unspecified atom stereocenters. The van der Waals surface area contributed by atoms with Crippen LogP contribution in [0, 0.1) is 0 Å². The number of hydrogen-bond donors (Lipinski definition) is 1. The molecule has 4 rings (SSSR count). The molecule has 0 saturated heterocycles. The maximum Gasteiger partial charge on any atom is 0.270 e. The van der Waals surface area contributed by atoms with Crippen LogP contribution in [-0.2, 0) is 5.92 Å². The summed E-state index contributed by atoms with van der Waals surface area (Å²) < 4.78 is 33.9. The van der Waals surface area contributed by atoms with Gasteiger partial charge in [0.15, 0.2) is 5.82 Å². The zero-order valence-corrected chi connectivity index (χ0v) is 17.7. The van der Waals surface area contributed by atoms with E-state index in [1.165, 1.54) is 28.9 Å². The average Bonchev–Trinajstić information content (AvgIpc) is 3.29. The molecule has 32 heavy (non-hydrogen) atoms. The first kappa shape index (κ1) is 21.4. The predicted molar refractivity (Wildman–Crippen MR) is 116 cm³/mol. The van der Waals surface area contributed by atoms with E-state index in [0.29, 0.717) is 22.8 Å². The summed E-state index contributed by atoms with van der Waals surface area (Å²) in [5.74, 6) is -1.66. The highest BCUT2D eigenvalue weighted by molar-refractivity contribution is 5.60. The molecule has 4 aromatic rings. The van der Waals surface area contributed by atoms with Gasteiger partial charge in [-0.05, 0) is 31.2 Å². The largest absolute Gasteiger partial charge is 0.497 e. The molecule has 7 nitrogen and oxygen atoms in total. The van der Waals surface area contributed by atoms with Crippen molar-refractivity contribution in [1.29, 1.82) is 0 Å². The maximum atomic E-state index is 13.7. The SMILES string of the molecule is COc1cccc(-c2ccc(=O)n(C(C)c3nc(-c4cccc(C(C)(F)F)c4)n[nH]3)n2)c1. The summed E-state index contributed by atoms with van der Waals surface area (Å²) in [7, 11) is 1.58. The van der Waals surface area contributed by atoms with E-state index in [1.807, 2.05) is 24.3 Å². The third-order valence-electron chi connectivity index (χ3n) is 5.08. The molecule has 1 N–H and O–H groups in total. The Hall–Kier alpha value is -3.88. The van der Waals surface area contributed by atoms with Crippen molar-refractivity contribution >= 4 is 0 Å². The van der Waals surface area contributed by atoms with E-state index in [2.05, 4.69) is 20.3 Å². The Balaban J connectivity index is 1.67. The third kappa shape index (κ3) is 4.27. The van der Waals surface area contributed by atoms with Gasteiger partial charge in [0.2, 0.25) is 0 Å². The minimum absolute atomic E-state index is 0.127. The van der Waals surface area contributed by atoms with Gasteiger partial charge in [-0.1, -0.05) is 30.3 Å². The number of hydrogen-bond acceptors (Lipinski definition) is 5. The van der Waals surface area contributed by atoms with Gasteiger partial charge in [-0.2, -0.15) is 10.2 Å². The van der Waals surface area contributed by atoms with Crippen LogP contribution >= 0.6 is 0 Å². The molecule has 9 heteroatoms. The molecule has 0 bridgehead atoms. The van der Waals surface area contributed by atoms with Crippen molar-refractivity contribution in [2.24, 2.45) is 0 Å². The fraction of sp³-hybridized carbons (Fsp3) is 0.217. The number of H-pyrrole nitrogens is 1. The van der Waals surface area contributed by atoms with Crippen molar-refractivity contribution in [3.05, 3.63) is 82.4 Å². The quantitative estimate of drug-likeness (QED) is 0.483. The minimum Gasteiger partial charge on any atom is -0.497 e. The van der Waals surface area contributed by atoms with E-state index in [4.69, 9.17) is 4.74 Å². The van der Waals surface area contributed by atoms with E-state index in [1.54, 1.807) is 26.2 Å². The topological polar surface area (TPSA) is 85.7 Å². The lowest BCUT2D eigenvalue weighted by Crippen LogP contribution is -2.26. The summed E-state index contributed by atoms with van der Waals surface area (Å²) in [6, 6.07) is 15.8. The number of halogens is 2. The molecule has 0 aliphatic carbocycles. The Kier molecular flexibility index (Phi) is 5.56. The van der Waals surface area contributed by atoms with E-state index in [9.17, 15) is 13.6 Å². The second-order valence-corrected chi connectivity index (χ2v) is 7.42. The molecule has 0 radical (unpaired) electrons. The van der Waals surface area contributed by atoms with Crippen molar-refractivity contribution in [2.45, 2.75) is 25.8 Å². The lowest BCUT2D eigenvalue weighted by Gasteiger charge is -2.13. The summed E-state index contributed by atoms with van der Waals surface area (Å²) in [5.41, 5.74) is 1.39. The first-order valence-corrected chi connectivity index (χ1v) is 9.91. The number of rotatable bonds is 6. The molecule has 1 atom stereocenters. The van der Waals surface area contributed by atoms with Gasteiger partial charge in [-0.25, -0.2) is 18.4 Å². The van der Waals surface area contributed by atoms with E-state index >= 15 is 0 Å². The summed E-state index contributed by atoms with van der Waals surface area (Å²) in [5, 5.41) is 11.4. The highest BCUT2D eigenvalue weighted by atomic mass is 19.3. The fourth-order valence-electron chi connectivity index (χ4n) is 3.28. The molecule has 0 aliphatic heterocycles. The van der Waals surface area contributed by atoms with Gasteiger partial charge in [0, 0.05) is 29.7 Å². The van der Waals surface area contributed by atoms with Crippen molar-refractivity contribution in [3.8, 4) is 28.4 Å². The van der Waals surface area contributed by atoms with Crippen LogP contribution in [0.15, 0.2) is 65.5 Å². The van der Waals surface area contributed by atoms with Crippen LogP contribution in [0.3, 0.4) is 0 Å². The minimum atomic E-state index is -2.97. The monoisotopic (exact) mass is 437 g/mol. The van der Waals surface area contributed by atoms with Crippen molar-refractivity contribution < 1.29 is 13.5 Å². The molecule has 0 spiro atoms. The highest BCUT2D eigenvalue weighted by Gasteiger charge is 2.25. The number of nitrogens with one attached hydrogen (secondary N) is 1. The van der Waals surface area contributed by atoms with Crippen LogP contribution < -0.4 is 10.3 Å². The molecule has 2 heterocycles. The van der Waals surface area contributed by atoms with Crippen LogP contribution in [0.2, 0.25) is 0 Å². The summed E-state index contributed by atoms with van der Waals surface area (Å²) in [6.07, 6.45) is 0. The maximum absolute atomic E-state index is 13.7. The van der Waals surface area contributed by atoms with Gasteiger partial charge >= 0.3 is 0 Å². The standard InChI is InChI=1S/C23H21F2N5O2/c1-14(21-26-22(28-27-21)16-7-4-8-17(12-16)23(2,24)25)30-20(31)11-10-19(29-30)15-6-5-9-18(13-15)32-3/h4-14H,1-3H3,(H,26,27,28). The zero-order valence-electron chi connectivity index (χ0n) is 17.7. The highest BCUT2D eigenvalue weighted by Crippen LogP contribution is 2.30. The molecule has 0 amide bonds. The zero-order chi connectivity index (χ0) is 22.9. The molecule has 2 aromatic carbocycles. The first-order chi connectivity index (χ1) is 15.3. The van der Waals surface area contributed by atoms with E-state index in [0.717, 1.165) is 12.5 Å². The van der Waals surface area contributed by atoms with Crippen LogP contribution in [0.25, 0.3) is 22.6 Å². The molecule has 164 valence electrons. The Morgan fingerprint density at radius 1 is 1.06 bits per heavy atom. The number of ether oxygens (including phenoxy) is 1. The fourth-order valence-corrected chi connectivity index (χ4v) is 3.28. The molecular formula is C23H21F2N5O2. The number of nitrogens with zero attached hydrogens (tertiary/aromatic N) is 4.